The fourth-order valence-corrected chi connectivity index (χ4v) is 1.62. The van der Waals surface area contributed by atoms with E-state index in [0.29, 0.717) is 0 Å². The third-order valence-corrected chi connectivity index (χ3v) is 2.55. The molecule has 0 bridgehead atoms. The lowest BCUT2D eigenvalue weighted by Crippen LogP contribution is -1.88. The number of hydrogen-bond acceptors (Lipinski definition) is 2. The molecule has 15 heavy (non-hydrogen) atoms. The lowest BCUT2D eigenvalue weighted by atomic mass is 10.0. The first-order valence-electron chi connectivity index (χ1n) is 4.90. The van der Waals surface area contributed by atoms with Crippen LogP contribution in [-0.4, -0.2) is 14.9 Å². The fraction of sp³-hybridized carbons (Fsp3) is 0.250. The van der Waals surface area contributed by atoms with Crippen molar-refractivity contribution in [2.45, 2.75) is 13.5 Å². The molecule has 0 saturated heterocycles. The van der Waals surface area contributed by atoms with E-state index in [9.17, 15) is 0 Å². The number of aromatic nitrogens is 2. The monoisotopic (exact) mass is 202 g/mol. The highest BCUT2D eigenvalue weighted by atomic mass is 16.3. The third kappa shape index (κ3) is 1.92. The van der Waals surface area contributed by atoms with Gasteiger partial charge in [-0.3, -0.25) is 4.68 Å². The molecule has 0 aliphatic rings. The fourth-order valence-electron chi connectivity index (χ4n) is 1.62. The summed E-state index contributed by atoms with van der Waals surface area (Å²) in [6.45, 7) is 2.10. The molecule has 1 N–H and O–H groups in total. The molecule has 0 amide bonds. The van der Waals surface area contributed by atoms with Gasteiger partial charge in [0, 0.05) is 18.8 Å². The summed E-state index contributed by atoms with van der Waals surface area (Å²) in [6.07, 6.45) is 3.82. The van der Waals surface area contributed by atoms with E-state index in [0.717, 1.165) is 22.3 Å². The standard InChI is InChI=1S/C12H14N2O/c1-9-5-10(3-4-11(9)8-15)12-6-13-14(2)7-12/h3-7,15H,8H2,1-2H3. The van der Waals surface area contributed by atoms with Crippen LogP contribution in [0.5, 0.6) is 0 Å². The molecule has 0 radical (unpaired) electrons. The highest BCUT2D eigenvalue weighted by molar-refractivity contribution is 5.63. The summed E-state index contributed by atoms with van der Waals surface area (Å²) < 4.78 is 1.78. The van der Waals surface area contributed by atoms with Crippen molar-refractivity contribution < 1.29 is 5.11 Å². The number of rotatable bonds is 2. The van der Waals surface area contributed by atoms with Gasteiger partial charge in [-0.15, -0.1) is 0 Å². The normalized spacial score (nSPS) is 10.6. The molecule has 1 aromatic heterocycles. The van der Waals surface area contributed by atoms with Crippen molar-refractivity contribution in [1.29, 1.82) is 0 Å². The molecule has 0 unspecified atom stereocenters. The largest absolute Gasteiger partial charge is 0.392 e. The first-order valence-corrected chi connectivity index (χ1v) is 4.90. The number of aryl methyl sites for hydroxylation is 2. The second-order valence-electron chi connectivity index (χ2n) is 3.70. The summed E-state index contributed by atoms with van der Waals surface area (Å²) in [5.74, 6) is 0. The molecule has 1 heterocycles. The molecule has 0 aliphatic carbocycles. The molecular formula is C12H14N2O. The van der Waals surface area contributed by atoms with Crippen molar-refractivity contribution >= 4 is 0 Å². The molecule has 0 atom stereocenters. The van der Waals surface area contributed by atoms with Crippen LogP contribution >= 0.6 is 0 Å². The van der Waals surface area contributed by atoms with E-state index in [1.807, 2.05) is 38.5 Å². The molecule has 3 nitrogen and oxygen atoms in total. The van der Waals surface area contributed by atoms with Crippen molar-refractivity contribution in [2.24, 2.45) is 7.05 Å². The summed E-state index contributed by atoms with van der Waals surface area (Å²) in [4.78, 5) is 0. The Balaban J connectivity index is 2.42. The summed E-state index contributed by atoms with van der Waals surface area (Å²) in [6, 6.07) is 6.04. The molecule has 2 aromatic rings. The third-order valence-electron chi connectivity index (χ3n) is 2.55. The average molecular weight is 202 g/mol. The number of aliphatic hydroxyl groups excluding tert-OH is 1. The Morgan fingerprint density at radius 2 is 2.13 bits per heavy atom. The molecule has 3 heteroatoms. The lowest BCUT2D eigenvalue weighted by Gasteiger charge is -2.04. The quantitative estimate of drug-likeness (QED) is 0.807. The van der Waals surface area contributed by atoms with Crippen molar-refractivity contribution in [3.05, 3.63) is 41.7 Å². The van der Waals surface area contributed by atoms with E-state index >= 15 is 0 Å². The van der Waals surface area contributed by atoms with Gasteiger partial charge in [-0.2, -0.15) is 5.10 Å². The molecule has 0 spiro atoms. The molecular weight excluding hydrogens is 188 g/mol. The van der Waals surface area contributed by atoms with Gasteiger partial charge >= 0.3 is 0 Å². The first kappa shape index (κ1) is 9.93. The minimum atomic E-state index is 0.0964. The van der Waals surface area contributed by atoms with E-state index in [1.165, 1.54) is 0 Å². The van der Waals surface area contributed by atoms with Crippen LogP contribution in [0.2, 0.25) is 0 Å². The zero-order valence-corrected chi connectivity index (χ0v) is 8.94. The van der Waals surface area contributed by atoms with Gasteiger partial charge in [0.2, 0.25) is 0 Å². The Hall–Kier alpha value is -1.61. The topological polar surface area (TPSA) is 38.0 Å². The number of aliphatic hydroxyl groups is 1. The van der Waals surface area contributed by atoms with E-state index in [4.69, 9.17) is 5.11 Å². The molecule has 0 fully saturated rings. The second kappa shape index (κ2) is 3.87. The first-order chi connectivity index (χ1) is 7.20. The van der Waals surface area contributed by atoms with Gasteiger partial charge in [0.1, 0.15) is 0 Å². The van der Waals surface area contributed by atoms with Crippen molar-refractivity contribution in [1.82, 2.24) is 9.78 Å². The highest BCUT2D eigenvalue weighted by Gasteiger charge is 2.02. The van der Waals surface area contributed by atoms with Gasteiger partial charge < -0.3 is 5.11 Å². The minimum absolute atomic E-state index is 0.0964. The molecule has 0 aliphatic heterocycles. The zero-order chi connectivity index (χ0) is 10.8. The Morgan fingerprint density at radius 3 is 2.67 bits per heavy atom. The summed E-state index contributed by atoms with van der Waals surface area (Å²) in [5, 5.41) is 13.2. The summed E-state index contributed by atoms with van der Waals surface area (Å²) in [5.41, 5.74) is 4.32. The van der Waals surface area contributed by atoms with Gasteiger partial charge in [0.15, 0.2) is 0 Å². The van der Waals surface area contributed by atoms with Gasteiger partial charge in [0.05, 0.1) is 12.8 Å². The van der Waals surface area contributed by atoms with Crippen LogP contribution in [0.1, 0.15) is 11.1 Å². The van der Waals surface area contributed by atoms with Crippen molar-refractivity contribution in [2.75, 3.05) is 0 Å². The van der Waals surface area contributed by atoms with Gasteiger partial charge in [0.25, 0.3) is 0 Å². The predicted octanol–water partition coefficient (Wildman–Crippen LogP) is 1.89. The Labute approximate surface area is 89.0 Å². The van der Waals surface area contributed by atoms with Gasteiger partial charge in [-0.25, -0.2) is 0 Å². The Morgan fingerprint density at radius 1 is 1.33 bits per heavy atom. The number of hydrogen-bond donors (Lipinski definition) is 1. The molecule has 1 aromatic carbocycles. The molecule has 2 rings (SSSR count). The summed E-state index contributed by atoms with van der Waals surface area (Å²) in [7, 11) is 1.90. The zero-order valence-electron chi connectivity index (χ0n) is 8.94. The van der Waals surface area contributed by atoms with E-state index in [-0.39, 0.29) is 6.61 Å². The van der Waals surface area contributed by atoms with E-state index in [2.05, 4.69) is 11.2 Å². The van der Waals surface area contributed by atoms with Gasteiger partial charge in [-0.05, 0) is 23.6 Å². The van der Waals surface area contributed by atoms with Crippen LogP contribution in [0.4, 0.5) is 0 Å². The van der Waals surface area contributed by atoms with Crippen LogP contribution in [0.3, 0.4) is 0 Å². The Bertz CT molecular complexity index is 474. The van der Waals surface area contributed by atoms with Crippen molar-refractivity contribution in [3.63, 3.8) is 0 Å². The maximum atomic E-state index is 9.07. The van der Waals surface area contributed by atoms with Crippen molar-refractivity contribution in [3.8, 4) is 11.1 Å². The number of benzene rings is 1. The average Bonchev–Trinajstić information content (AvgIpc) is 2.65. The maximum Gasteiger partial charge on any atom is 0.0684 e. The lowest BCUT2D eigenvalue weighted by molar-refractivity contribution is 0.281. The smallest absolute Gasteiger partial charge is 0.0684 e. The molecule has 78 valence electrons. The van der Waals surface area contributed by atoms with E-state index < -0.39 is 0 Å². The van der Waals surface area contributed by atoms with Crippen LogP contribution in [-0.2, 0) is 13.7 Å². The Kier molecular flexibility index (Phi) is 2.56. The highest BCUT2D eigenvalue weighted by Crippen LogP contribution is 2.21. The molecule has 0 saturated carbocycles. The maximum absolute atomic E-state index is 9.07. The van der Waals surface area contributed by atoms with E-state index in [1.54, 1.807) is 4.68 Å². The number of nitrogens with zero attached hydrogens (tertiary/aromatic N) is 2. The van der Waals surface area contributed by atoms with Crippen LogP contribution in [0.15, 0.2) is 30.6 Å². The second-order valence-corrected chi connectivity index (χ2v) is 3.70. The van der Waals surface area contributed by atoms with Crippen LogP contribution in [0.25, 0.3) is 11.1 Å². The SMILES string of the molecule is Cc1cc(-c2cnn(C)c2)ccc1CO. The predicted molar refractivity (Wildman–Crippen MR) is 59.3 cm³/mol. The minimum Gasteiger partial charge on any atom is -0.392 e. The van der Waals surface area contributed by atoms with Gasteiger partial charge in [-0.1, -0.05) is 18.2 Å². The van der Waals surface area contributed by atoms with Crippen LogP contribution in [0, 0.1) is 6.92 Å². The summed E-state index contributed by atoms with van der Waals surface area (Å²) >= 11 is 0. The van der Waals surface area contributed by atoms with Crippen LogP contribution < -0.4 is 0 Å².